The Morgan fingerprint density at radius 3 is 0.326 bits per heavy atom. The van der Waals surface area contributed by atoms with E-state index in [2.05, 4.69) is 166 Å². The fourth-order valence-electron chi connectivity index (χ4n) is 11.3. The molecule has 0 rings (SSSR count). The van der Waals surface area contributed by atoms with Crippen molar-refractivity contribution in [3.63, 3.8) is 0 Å². The third-order valence-corrected chi connectivity index (χ3v) is 22.3. The van der Waals surface area contributed by atoms with Crippen LogP contribution in [0.1, 0.15) is 166 Å². The van der Waals surface area contributed by atoms with Crippen LogP contribution in [0.3, 0.4) is 0 Å². The van der Waals surface area contributed by atoms with Crippen LogP contribution in [0, 0.1) is 107 Å². The van der Waals surface area contributed by atoms with Crippen LogP contribution in [-0.2, 0) is 0 Å². The zero-order chi connectivity index (χ0) is 36.7. The molecule has 1 heteroatoms. The van der Waals surface area contributed by atoms with Crippen LogP contribution in [0.4, 0.5) is 0 Å². The summed E-state index contributed by atoms with van der Waals surface area (Å²) in [5.74, 6) is 13.3. The van der Waals surface area contributed by atoms with Crippen molar-refractivity contribution >= 4 is 19.8 Å². The van der Waals surface area contributed by atoms with Crippen LogP contribution in [0.25, 0.3) is 0 Å². The Balaban J connectivity index is 9.13. The molecule has 0 heterocycles. The van der Waals surface area contributed by atoms with E-state index in [1.165, 1.54) is 0 Å². The number of hydrogen-bond acceptors (Lipinski definition) is 0. The minimum absolute atomic E-state index is 0.715. The fraction of sp³-hybridized carbons (Fsp3) is 1.00. The van der Waals surface area contributed by atoms with Crippen molar-refractivity contribution in [1.82, 2.24) is 0 Å². The van der Waals surface area contributed by atoms with Gasteiger partial charge < -0.3 is 0 Å². The van der Waals surface area contributed by atoms with Gasteiger partial charge in [0.2, 0.25) is 0 Å². The quantitative estimate of drug-likeness (QED) is 0.0807. The molecule has 0 saturated heterocycles. The molecular formula is C45H93I. The van der Waals surface area contributed by atoms with Crippen molar-refractivity contribution in [2.24, 2.45) is 107 Å². The van der Waals surface area contributed by atoms with Gasteiger partial charge in [-0.05, 0) is 0 Å². The average Bonchev–Trinajstić information content (AvgIpc) is 2.81. The molecule has 46 heavy (non-hydrogen) atoms. The van der Waals surface area contributed by atoms with E-state index >= 15 is 0 Å². The van der Waals surface area contributed by atoms with E-state index in [1.807, 2.05) is 0 Å². The van der Waals surface area contributed by atoms with Gasteiger partial charge in [-0.15, -0.1) is 0 Å². The molecule has 0 spiro atoms. The second kappa shape index (κ2) is 20.5. The summed E-state index contributed by atoms with van der Waals surface area (Å²) in [7, 11) is 0. The first kappa shape index (κ1) is 46.7. The topological polar surface area (TPSA) is 0 Å². The van der Waals surface area contributed by atoms with Gasteiger partial charge in [-0.2, -0.15) is 0 Å². The summed E-state index contributed by atoms with van der Waals surface area (Å²) in [6, 6.07) is 0. The first-order valence-corrected chi connectivity index (χ1v) is 24.2. The van der Waals surface area contributed by atoms with Crippen molar-refractivity contribution in [3.05, 3.63) is 0 Å². The summed E-state index contributed by atoms with van der Waals surface area (Å²) >= 11 is -1.89. The van der Waals surface area contributed by atoms with Gasteiger partial charge in [0.15, 0.2) is 0 Å². The Hall–Kier alpha value is 0.730. The molecule has 0 aliphatic heterocycles. The van der Waals surface area contributed by atoms with Crippen molar-refractivity contribution in [1.29, 1.82) is 0 Å². The summed E-state index contributed by atoms with van der Waals surface area (Å²) in [5, 5.41) is 0. The summed E-state index contributed by atoms with van der Waals surface area (Å²) in [5.41, 5.74) is 0. The summed E-state index contributed by atoms with van der Waals surface area (Å²) < 4.78 is 2.58. The Kier molecular flexibility index (Phi) is 20.9. The van der Waals surface area contributed by atoms with E-state index in [0.29, 0.717) is 71.0 Å². The number of hydrogen-bond donors (Lipinski definition) is 0. The van der Waals surface area contributed by atoms with Gasteiger partial charge in [-0.25, -0.2) is 0 Å². The molecule has 0 atom stereocenters. The van der Waals surface area contributed by atoms with Crippen molar-refractivity contribution in [3.8, 4) is 0 Å². The molecule has 0 aliphatic carbocycles. The zero-order valence-electron chi connectivity index (χ0n) is 36.5. The fourth-order valence-corrected chi connectivity index (χ4v) is 29.9. The van der Waals surface area contributed by atoms with Crippen LogP contribution in [0.5, 0.6) is 0 Å². The van der Waals surface area contributed by atoms with Gasteiger partial charge >= 0.3 is 304 Å². The second-order valence-corrected chi connectivity index (χ2v) is 26.6. The zero-order valence-corrected chi connectivity index (χ0v) is 38.7. The second-order valence-electron chi connectivity index (χ2n) is 20.1. The molecule has 0 saturated carbocycles. The Morgan fingerprint density at radius 1 is 0.174 bits per heavy atom. The summed E-state index contributed by atoms with van der Waals surface area (Å²) in [6.45, 7) is 62.7. The van der Waals surface area contributed by atoms with E-state index in [-0.39, 0.29) is 0 Å². The predicted molar refractivity (Wildman–Crippen MR) is 224 cm³/mol. The Bertz CT molecular complexity index is 568. The molecule has 0 aromatic heterocycles. The van der Waals surface area contributed by atoms with Crippen LogP contribution >= 0.6 is 19.8 Å². The molecule has 0 radical (unpaired) electrons. The molecule has 0 aromatic carbocycles. The molecule has 0 unspecified atom stereocenters. The molecule has 0 fully saturated rings. The Labute approximate surface area is 302 Å². The summed E-state index contributed by atoms with van der Waals surface area (Å²) in [6.07, 6.45) is 0. The monoisotopic (exact) mass is 761 g/mol. The normalized spacial score (nSPS) is 14.7. The average molecular weight is 761 g/mol. The molecule has 0 N–H and O–H groups in total. The van der Waals surface area contributed by atoms with E-state index < -0.39 is 19.8 Å². The molecule has 0 aromatic rings. The van der Waals surface area contributed by atoms with Gasteiger partial charge in [0.1, 0.15) is 0 Å². The molecule has 0 bridgehead atoms. The molecule has 280 valence electrons. The molecule has 0 amide bonds. The predicted octanol–water partition coefficient (Wildman–Crippen LogP) is 15.2. The first-order valence-electron chi connectivity index (χ1n) is 20.5. The number of rotatable bonds is 21. The van der Waals surface area contributed by atoms with Crippen LogP contribution in [-0.4, -0.2) is 11.8 Å². The minimum atomic E-state index is -1.89. The maximum absolute atomic E-state index is 2.61. The molecular weight excluding hydrogens is 667 g/mol. The van der Waals surface area contributed by atoms with Gasteiger partial charge in [0.25, 0.3) is 0 Å². The van der Waals surface area contributed by atoms with Crippen LogP contribution in [0.15, 0.2) is 0 Å². The molecule has 0 nitrogen and oxygen atoms in total. The van der Waals surface area contributed by atoms with E-state index in [9.17, 15) is 0 Å². The number of halogens is 1. The number of alkyl halides is 3. The maximum atomic E-state index is 2.61. The summed E-state index contributed by atoms with van der Waals surface area (Å²) in [4.78, 5) is 0. The third kappa shape index (κ3) is 11.9. The third-order valence-electron chi connectivity index (χ3n) is 12.3. The van der Waals surface area contributed by atoms with Crippen molar-refractivity contribution in [2.45, 2.75) is 178 Å². The van der Waals surface area contributed by atoms with Gasteiger partial charge in [0.05, 0.1) is 0 Å². The van der Waals surface area contributed by atoms with E-state index in [1.54, 1.807) is 0 Å². The van der Waals surface area contributed by atoms with Gasteiger partial charge in [-0.1, -0.05) is 0 Å². The van der Waals surface area contributed by atoms with E-state index in [4.69, 9.17) is 0 Å². The SMILES string of the molecule is CC(C)C(C(C)C)C(C(C(C)C)C(C)C)I(C(C(C(C)C)C(C)C)C(C(C)C)C(C)C)C(C(C(C)C)C(C)C)C(C(C)C)C(C)C. The van der Waals surface area contributed by atoms with E-state index in [0.717, 1.165) is 47.3 Å². The van der Waals surface area contributed by atoms with Crippen molar-refractivity contribution in [2.75, 3.05) is 0 Å². The van der Waals surface area contributed by atoms with Gasteiger partial charge in [0, 0.05) is 0 Å². The van der Waals surface area contributed by atoms with Gasteiger partial charge in [-0.3, -0.25) is 0 Å². The standard InChI is InChI=1S/C45H93I/c1-25(2)37(26(3)4)43(38(27(5)6)28(7)8)46(44(39(29(9)10)30(11)12)40(31(13)14)32(15)16)45(41(33(17)18)34(19)20)42(35(21)22)36(23)24/h25-45H,1-24H3. The Morgan fingerprint density at radius 2 is 0.261 bits per heavy atom. The van der Waals surface area contributed by atoms with Crippen LogP contribution in [0.2, 0.25) is 0 Å². The molecule has 0 aliphatic rings. The van der Waals surface area contributed by atoms with Crippen LogP contribution < -0.4 is 0 Å². The first-order chi connectivity index (χ1) is 20.9. The van der Waals surface area contributed by atoms with Crippen molar-refractivity contribution < 1.29 is 0 Å².